The van der Waals surface area contributed by atoms with Crippen molar-refractivity contribution in [1.82, 2.24) is 4.90 Å². The van der Waals surface area contributed by atoms with E-state index in [9.17, 15) is 0 Å². The highest BCUT2D eigenvalue weighted by molar-refractivity contribution is 4.95. The molecule has 4 nitrogen and oxygen atoms in total. The van der Waals surface area contributed by atoms with Crippen LogP contribution in [0.3, 0.4) is 0 Å². The SMILES string of the molecule is COC1[CH]N(C)CC(OC)C1OC. The van der Waals surface area contributed by atoms with Gasteiger partial charge in [-0.2, -0.15) is 0 Å². The number of rotatable bonds is 3. The lowest BCUT2D eigenvalue weighted by Gasteiger charge is -2.39. The van der Waals surface area contributed by atoms with Gasteiger partial charge in [0.25, 0.3) is 0 Å². The average molecular weight is 188 g/mol. The Bertz CT molecular complexity index is 140. The summed E-state index contributed by atoms with van der Waals surface area (Å²) in [5.41, 5.74) is 0. The maximum absolute atomic E-state index is 5.34. The van der Waals surface area contributed by atoms with E-state index in [1.807, 2.05) is 13.6 Å². The van der Waals surface area contributed by atoms with E-state index in [4.69, 9.17) is 14.2 Å². The van der Waals surface area contributed by atoms with Gasteiger partial charge >= 0.3 is 0 Å². The predicted molar refractivity (Wildman–Crippen MR) is 49.3 cm³/mol. The largest absolute Gasteiger partial charge is 0.377 e. The van der Waals surface area contributed by atoms with Gasteiger partial charge in [-0.15, -0.1) is 0 Å². The number of nitrogens with zero attached hydrogens (tertiary/aromatic N) is 1. The van der Waals surface area contributed by atoms with Crippen molar-refractivity contribution in [1.29, 1.82) is 0 Å². The van der Waals surface area contributed by atoms with E-state index in [-0.39, 0.29) is 18.3 Å². The zero-order valence-corrected chi connectivity index (χ0v) is 8.69. The summed E-state index contributed by atoms with van der Waals surface area (Å²) in [6.45, 7) is 2.86. The molecule has 0 saturated carbocycles. The van der Waals surface area contributed by atoms with Crippen LogP contribution in [0.4, 0.5) is 0 Å². The molecule has 1 heterocycles. The van der Waals surface area contributed by atoms with Gasteiger partial charge in [0.1, 0.15) is 12.2 Å². The fourth-order valence-electron chi connectivity index (χ4n) is 1.69. The molecule has 4 heteroatoms. The molecular weight excluding hydrogens is 170 g/mol. The molecule has 1 rings (SSSR count). The molecule has 3 atom stereocenters. The van der Waals surface area contributed by atoms with E-state index in [2.05, 4.69) is 4.90 Å². The third kappa shape index (κ3) is 2.40. The summed E-state index contributed by atoms with van der Waals surface area (Å²) in [6.07, 6.45) is 0.0462. The molecule has 0 aliphatic carbocycles. The maximum Gasteiger partial charge on any atom is 0.112 e. The number of likely N-dealkylation sites (tertiary alicyclic amines) is 1. The van der Waals surface area contributed by atoms with Gasteiger partial charge in [0, 0.05) is 27.9 Å². The summed E-state index contributed by atoms with van der Waals surface area (Å²) in [7, 11) is 7.06. The Hall–Kier alpha value is -0.160. The van der Waals surface area contributed by atoms with Gasteiger partial charge in [-0.25, -0.2) is 0 Å². The fourth-order valence-corrected chi connectivity index (χ4v) is 1.69. The molecule has 1 radical (unpaired) electrons. The first-order valence-electron chi connectivity index (χ1n) is 4.36. The Balaban J connectivity index is 2.61. The second-order valence-corrected chi connectivity index (χ2v) is 3.26. The van der Waals surface area contributed by atoms with E-state index < -0.39 is 0 Å². The molecule has 77 valence electrons. The zero-order chi connectivity index (χ0) is 9.84. The molecule has 13 heavy (non-hydrogen) atoms. The fraction of sp³-hybridized carbons (Fsp3) is 0.889. The molecule has 0 spiro atoms. The van der Waals surface area contributed by atoms with Crippen molar-refractivity contribution in [2.45, 2.75) is 18.3 Å². The standard InChI is InChI=1S/C9H18NO3/c1-10-5-7(11-2)9(13-4)8(6-10)12-3/h5,7-9H,6H2,1-4H3. The Labute approximate surface area is 79.8 Å². The second kappa shape index (κ2) is 4.91. The van der Waals surface area contributed by atoms with Crippen molar-refractivity contribution in [3.8, 4) is 0 Å². The van der Waals surface area contributed by atoms with Gasteiger partial charge < -0.3 is 14.2 Å². The van der Waals surface area contributed by atoms with Crippen LogP contribution in [0.15, 0.2) is 0 Å². The van der Waals surface area contributed by atoms with E-state index in [0.717, 1.165) is 6.54 Å². The van der Waals surface area contributed by atoms with Crippen LogP contribution in [0.25, 0.3) is 0 Å². The van der Waals surface area contributed by atoms with E-state index in [1.165, 1.54) is 0 Å². The summed E-state index contributed by atoms with van der Waals surface area (Å²) in [5.74, 6) is 0. The maximum atomic E-state index is 5.34. The number of hydrogen-bond acceptors (Lipinski definition) is 4. The van der Waals surface area contributed by atoms with Crippen molar-refractivity contribution in [3.05, 3.63) is 6.54 Å². The normalized spacial score (nSPS) is 36.5. The van der Waals surface area contributed by atoms with Crippen LogP contribution < -0.4 is 0 Å². The highest BCUT2D eigenvalue weighted by Gasteiger charge is 2.36. The summed E-state index contributed by atoms with van der Waals surface area (Å²) in [6, 6.07) is 0. The second-order valence-electron chi connectivity index (χ2n) is 3.26. The smallest absolute Gasteiger partial charge is 0.112 e. The number of likely N-dealkylation sites (N-methyl/N-ethyl adjacent to an activating group) is 1. The van der Waals surface area contributed by atoms with Gasteiger partial charge in [0.15, 0.2) is 0 Å². The van der Waals surface area contributed by atoms with E-state index in [1.54, 1.807) is 21.3 Å². The molecule has 0 N–H and O–H groups in total. The predicted octanol–water partition coefficient (Wildman–Crippen LogP) is 0.139. The first-order valence-corrected chi connectivity index (χ1v) is 4.36. The van der Waals surface area contributed by atoms with Crippen molar-refractivity contribution < 1.29 is 14.2 Å². The molecule has 3 unspecified atom stereocenters. The van der Waals surface area contributed by atoms with Crippen LogP contribution in [0.5, 0.6) is 0 Å². The average Bonchev–Trinajstić information content (AvgIpc) is 2.16. The number of methoxy groups -OCH3 is 3. The summed E-state index contributed by atoms with van der Waals surface area (Å²) < 4.78 is 16.0. The molecule has 0 aromatic rings. The zero-order valence-electron chi connectivity index (χ0n) is 8.69. The van der Waals surface area contributed by atoms with Gasteiger partial charge in [-0.3, -0.25) is 4.90 Å². The van der Waals surface area contributed by atoms with Gasteiger partial charge in [-0.1, -0.05) is 0 Å². The molecular formula is C9H18NO3. The molecule has 1 saturated heterocycles. The van der Waals surface area contributed by atoms with Crippen molar-refractivity contribution >= 4 is 0 Å². The van der Waals surface area contributed by atoms with Crippen LogP contribution in [-0.2, 0) is 14.2 Å². The van der Waals surface area contributed by atoms with Gasteiger partial charge in [-0.05, 0) is 7.05 Å². The summed E-state index contributed by atoms with van der Waals surface area (Å²) in [5, 5.41) is 0. The van der Waals surface area contributed by atoms with Crippen molar-refractivity contribution in [2.24, 2.45) is 0 Å². The molecule has 1 aliphatic heterocycles. The Morgan fingerprint density at radius 1 is 1.15 bits per heavy atom. The molecule has 0 aromatic heterocycles. The Morgan fingerprint density at radius 2 is 1.85 bits per heavy atom. The molecule has 1 fully saturated rings. The lowest BCUT2D eigenvalue weighted by atomic mass is 10.0. The Morgan fingerprint density at radius 3 is 2.31 bits per heavy atom. The topological polar surface area (TPSA) is 30.9 Å². The minimum atomic E-state index is -0.0197. The van der Waals surface area contributed by atoms with Crippen LogP contribution in [-0.4, -0.2) is 58.1 Å². The molecule has 0 aromatic carbocycles. The minimum Gasteiger partial charge on any atom is -0.377 e. The minimum absolute atomic E-state index is 0.00815. The van der Waals surface area contributed by atoms with Crippen molar-refractivity contribution in [2.75, 3.05) is 34.9 Å². The number of hydrogen-bond donors (Lipinski definition) is 0. The summed E-state index contributed by atoms with van der Waals surface area (Å²) in [4.78, 5) is 2.07. The molecule has 0 amide bonds. The third-order valence-corrected chi connectivity index (χ3v) is 2.41. The quantitative estimate of drug-likeness (QED) is 0.630. The first-order chi connectivity index (χ1) is 6.22. The van der Waals surface area contributed by atoms with Crippen LogP contribution in [0.1, 0.15) is 0 Å². The van der Waals surface area contributed by atoms with Gasteiger partial charge in [0.2, 0.25) is 0 Å². The van der Waals surface area contributed by atoms with Crippen LogP contribution in [0, 0.1) is 6.54 Å². The van der Waals surface area contributed by atoms with E-state index >= 15 is 0 Å². The number of piperidine rings is 1. The Kier molecular flexibility index (Phi) is 4.12. The van der Waals surface area contributed by atoms with Crippen molar-refractivity contribution in [3.63, 3.8) is 0 Å². The van der Waals surface area contributed by atoms with Crippen LogP contribution >= 0.6 is 0 Å². The molecule has 1 aliphatic rings. The number of ether oxygens (including phenoxy) is 3. The molecule has 0 bridgehead atoms. The lowest BCUT2D eigenvalue weighted by Crippen LogP contribution is -2.53. The van der Waals surface area contributed by atoms with E-state index in [0.29, 0.717) is 0 Å². The third-order valence-electron chi connectivity index (χ3n) is 2.41. The first kappa shape index (κ1) is 10.9. The van der Waals surface area contributed by atoms with Crippen LogP contribution in [0.2, 0.25) is 0 Å². The highest BCUT2D eigenvalue weighted by Crippen LogP contribution is 2.20. The monoisotopic (exact) mass is 188 g/mol. The van der Waals surface area contributed by atoms with Gasteiger partial charge in [0.05, 0.1) is 12.6 Å². The highest BCUT2D eigenvalue weighted by atomic mass is 16.6. The lowest BCUT2D eigenvalue weighted by molar-refractivity contribution is -0.128. The summed E-state index contributed by atoms with van der Waals surface area (Å²) >= 11 is 0.